The molecule has 6 nitrogen and oxygen atoms in total. The van der Waals surface area contributed by atoms with E-state index in [9.17, 15) is 4.79 Å². The predicted molar refractivity (Wildman–Crippen MR) is 130 cm³/mol. The van der Waals surface area contributed by atoms with E-state index in [-0.39, 0.29) is 11.9 Å². The number of thiocarbonyl (C=S) groups is 1. The van der Waals surface area contributed by atoms with E-state index < -0.39 is 5.72 Å². The van der Waals surface area contributed by atoms with Crippen LogP contribution in [0.2, 0.25) is 0 Å². The maximum atomic E-state index is 14.0. The number of amides is 1. The van der Waals surface area contributed by atoms with Crippen LogP contribution in [0.25, 0.3) is 0 Å². The van der Waals surface area contributed by atoms with Gasteiger partial charge in [-0.25, -0.2) is 0 Å². The molecule has 33 heavy (non-hydrogen) atoms. The molecule has 2 atom stereocenters. The van der Waals surface area contributed by atoms with Crippen molar-refractivity contribution in [2.24, 2.45) is 0 Å². The molecule has 3 aromatic carbocycles. The molecule has 2 unspecified atom stereocenters. The van der Waals surface area contributed by atoms with Gasteiger partial charge < -0.3 is 14.2 Å². The van der Waals surface area contributed by atoms with E-state index in [0.717, 1.165) is 17.0 Å². The molecule has 0 saturated carbocycles. The lowest BCUT2D eigenvalue weighted by molar-refractivity contribution is 0.0184. The Hall–Kier alpha value is -3.58. The van der Waals surface area contributed by atoms with Crippen LogP contribution in [0, 0.1) is 0 Å². The van der Waals surface area contributed by atoms with Crippen molar-refractivity contribution in [3.63, 3.8) is 0 Å². The third kappa shape index (κ3) is 3.49. The Morgan fingerprint density at radius 2 is 1.64 bits per heavy atom. The molecule has 2 heterocycles. The highest BCUT2D eigenvalue weighted by molar-refractivity contribution is 7.80. The van der Waals surface area contributed by atoms with Gasteiger partial charge in [0.1, 0.15) is 17.2 Å². The molecular formula is C26H24N2O4S. The lowest BCUT2D eigenvalue weighted by Gasteiger charge is -2.55. The molecular weight excluding hydrogens is 436 g/mol. The molecule has 1 fully saturated rings. The second-order valence-corrected chi connectivity index (χ2v) is 8.63. The Bertz CT molecular complexity index is 1210. The van der Waals surface area contributed by atoms with Crippen LogP contribution < -0.4 is 19.1 Å². The first-order valence-corrected chi connectivity index (χ1v) is 11.1. The molecule has 0 N–H and O–H groups in total. The van der Waals surface area contributed by atoms with Crippen LogP contribution in [-0.2, 0) is 0 Å². The number of carbonyl (C=O) groups excluding carboxylic acids is 1. The van der Waals surface area contributed by atoms with Gasteiger partial charge in [0.05, 0.1) is 20.3 Å². The highest BCUT2D eigenvalue weighted by Crippen LogP contribution is 2.49. The molecule has 5 rings (SSSR count). The Labute approximate surface area is 198 Å². The van der Waals surface area contributed by atoms with Crippen molar-refractivity contribution in [1.29, 1.82) is 0 Å². The minimum absolute atomic E-state index is 0.220. The fourth-order valence-corrected chi connectivity index (χ4v) is 5.17. The van der Waals surface area contributed by atoms with Gasteiger partial charge in [0, 0.05) is 29.3 Å². The Morgan fingerprint density at radius 3 is 2.30 bits per heavy atom. The summed E-state index contributed by atoms with van der Waals surface area (Å²) in [6.45, 7) is 2.02. The van der Waals surface area contributed by atoms with Gasteiger partial charge in [-0.05, 0) is 49.5 Å². The summed E-state index contributed by atoms with van der Waals surface area (Å²) < 4.78 is 17.3. The summed E-state index contributed by atoms with van der Waals surface area (Å²) >= 11 is 5.97. The van der Waals surface area contributed by atoms with Crippen LogP contribution >= 0.6 is 12.2 Å². The van der Waals surface area contributed by atoms with Gasteiger partial charge in [-0.15, -0.1) is 0 Å². The van der Waals surface area contributed by atoms with Crippen LogP contribution in [0.15, 0.2) is 72.8 Å². The summed E-state index contributed by atoms with van der Waals surface area (Å²) in [5.41, 5.74) is 1.51. The molecule has 0 aliphatic carbocycles. The normalized spacial score (nSPS) is 21.2. The van der Waals surface area contributed by atoms with Crippen molar-refractivity contribution in [2.75, 3.05) is 19.1 Å². The number of carbonyl (C=O) groups is 1. The molecule has 168 valence electrons. The van der Waals surface area contributed by atoms with Crippen molar-refractivity contribution in [3.05, 3.63) is 83.9 Å². The third-order valence-electron chi connectivity index (χ3n) is 6.19. The number of nitrogens with zero attached hydrogens (tertiary/aromatic N) is 2. The smallest absolute Gasteiger partial charge is 0.260 e. The van der Waals surface area contributed by atoms with Crippen molar-refractivity contribution >= 4 is 28.9 Å². The summed E-state index contributed by atoms with van der Waals surface area (Å²) in [6, 6.07) is 22.5. The molecule has 7 heteroatoms. The topological polar surface area (TPSA) is 51.2 Å². The average molecular weight is 461 g/mol. The van der Waals surface area contributed by atoms with Gasteiger partial charge in [0.15, 0.2) is 10.8 Å². The van der Waals surface area contributed by atoms with Crippen molar-refractivity contribution in [3.8, 4) is 17.2 Å². The zero-order chi connectivity index (χ0) is 23.2. The van der Waals surface area contributed by atoms with Crippen molar-refractivity contribution in [2.45, 2.75) is 25.1 Å². The van der Waals surface area contributed by atoms with E-state index in [1.165, 1.54) is 0 Å². The van der Waals surface area contributed by atoms with Crippen LogP contribution in [0.5, 0.6) is 17.2 Å². The SMILES string of the molecule is COc1cc(OC)cc(C(=O)N2C(=S)N(c3ccccc3)C3(C)CC2c2ccccc2O3)c1. The number of para-hydroxylation sites is 2. The second-order valence-electron chi connectivity index (χ2n) is 8.26. The lowest BCUT2D eigenvalue weighted by Crippen LogP contribution is -2.67. The minimum Gasteiger partial charge on any atom is -0.497 e. The zero-order valence-electron chi connectivity index (χ0n) is 18.6. The molecule has 2 aliphatic heterocycles. The number of methoxy groups -OCH3 is 2. The van der Waals surface area contributed by atoms with E-state index in [4.69, 9.17) is 26.4 Å². The largest absolute Gasteiger partial charge is 0.497 e. The second kappa shape index (κ2) is 8.08. The van der Waals surface area contributed by atoms with Crippen molar-refractivity contribution < 1.29 is 19.0 Å². The first-order chi connectivity index (χ1) is 15.9. The number of hydrogen-bond acceptors (Lipinski definition) is 5. The summed E-state index contributed by atoms with van der Waals surface area (Å²) in [7, 11) is 3.12. The number of hydrogen-bond donors (Lipinski definition) is 0. The van der Waals surface area contributed by atoms with Crippen LogP contribution in [0.1, 0.15) is 35.3 Å². The van der Waals surface area contributed by atoms with Gasteiger partial charge >= 0.3 is 0 Å². The Balaban J connectivity index is 1.66. The van der Waals surface area contributed by atoms with Gasteiger partial charge in [0.2, 0.25) is 0 Å². The first-order valence-electron chi connectivity index (χ1n) is 10.7. The number of benzene rings is 3. The van der Waals surface area contributed by atoms with Crippen LogP contribution in [-0.4, -0.2) is 35.9 Å². The average Bonchev–Trinajstić information content (AvgIpc) is 2.83. The summed E-state index contributed by atoms with van der Waals surface area (Å²) in [6.07, 6.45) is 0.561. The molecule has 0 aromatic heterocycles. The monoisotopic (exact) mass is 460 g/mol. The minimum atomic E-state index is -0.736. The Morgan fingerprint density at radius 1 is 1.00 bits per heavy atom. The standard InChI is InChI=1S/C26H24N2O4S/c1-26-16-22(21-11-7-8-12-23(21)32-26)27(25(33)28(26)18-9-5-4-6-10-18)24(29)17-13-19(30-2)15-20(14-17)31-3/h4-15,22H,16H2,1-3H3. The number of anilines is 1. The molecule has 0 spiro atoms. The molecule has 2 aliphatic rings. The predicted octanol–water partition coefficient (Wildman–Crippen LogP) is 5.19. The first kappa shape index (κ1) is 21.3. The molecule has 1 saturated heterocycles. The third-order valence-corrected chi connectivity index (χ3v) is 6.57. The van der Waals surface area contributed by atoms with E-state index in [1.54, 1.807) is 37.3 Å². The molecule has 3 aromatic rings. The van der Waals surface area contributed by atoms with E-state index in [2.05, 4.69) is 0 Å². The van der Waals surface area contributed by atoms with E-state index in [1.807, 2.05) is 66.4 Å². The summed E-state index contributed by atoms with van der Waals surface area (Å²) in [5.74, 6) is 1.61. The summed E-state index contributed by atoms with van der Waals surface area (Å²) in [5, 5.41) is 0.390. The molecule has 0 radical (unpaired) electrons. The maximum absolute atomic E-state index is 14.0. The number of rotatable bonds is 4. The molecule has 1 amide bonds. The van der Waals surface area contributed by atoms with Gasteiger partial charge in [-0.3, -0.25) is 14.6 Å². The zero-order valence-corrected chi connectivity index (χ0v) is 19.5. The number of ether oxygens (including phenoxy) is 3. The number of fused-ring (bicyclic) bond motifs is 4. The maximum Gasteiger partial charge on any atom is 0.260 e. The fraction of sp³-hybridized carbons (Fsp3) is 0.231. The quantitative estimate of drug-likeness (QED) is 0.500. The summed E-state index contributed by atoms with van der Waals surface area (Å²) in [4.78, 5) is 17.6. The highest BCUT2D eigenvalue weighted by Gasteiger charge is 2.53. The fourth-order valence-electron chi connectivity index (χ4n) is 4.67. The van der Waals surface area contributed by atoms with Gasteiger partial charge in [0.25, 0.3) is 5.91 Å². The van der Waals surface area contributed by atoms with Gasteiger partial charge in [-0.1, -0.05) is 36.4 Å². The van der Waals surface area contributed by atoms with Gasteiger partial charge in [-0.2, -0.15) is 0 Å². The van der Waals surface area contributed by atoms with E-state index in [0.29, 0.717) is 28.6 Å². The lowest BCUT2D eigenvalue weighted by atomic mass is 9.88. The van der Waals surface area contributed by atoms with Crippen LogP contribution in [0.4, 0.5) is 5.69 Å². The van der Waals surface area contributed by atoms with Crippen LogP contribution in [0.3, 0.4) is 0 Å². The van der Waals surface area contributed by atoms with E-state index >= 15 is 0 Å². The highest BCUT2D eigenvalue weighted by atomic mass is 32.1. The molecule has 2 bridgehead atoms. The Kier molecular flexibility index (Phi) is 5.21. The van der Waals surface area contributed by atoms with Crippen molar-refractivity contribution in [1.82, 2.24) is 4.90 Å².